The lowest BCUT2D eigenvalue weighted by Gasteiger charge is -2.30. The molecule has 12 heteroatoms. The molecule has 44 heavy (non-hydrogen) atoms. The summed E-state index contributed by atoms with van der Waals surface area (Å²) in [6.45, 7) is 10.00. The summed E-state index contributed by atoms with van der Waals surface area (Å²) in [5.41, 5.74) is -3.95. The Hall–Kier alpha value is -4.61. The molecule has 1 heterocycles. The van der Waals surface area contributed by atoms with Crippen molar-refractivity contribution in [2.24, 2.45) is 4.99 Å². The van der Waals surface area contributed by atoms with Crippen LogP contribution >= 0.6 is 0 Å². The van der Waals surface area contributed by atoms with Crippen molar-refractivity contribution in [3.8, 4) is 11.1 Å². The Morgan fingerprint density at radius 1 is 0.818 bits per heavy atom. The second kappa shape index (κ2) is 10.8. The zero-order valence-corrected chi connectivity index (χ0v) is 25.6. The quantitative estimate of drug-likeness (QED) is 0.211. The third-order valence-electron chi connectivity index (χ3n) is 7.62. The summed E-state index contributed by atoms with van der Waals surface area (Å²) in [6.07, 6.45) is 4.33. The van der Waals surface area contributed by atoms with Gasteiger partial charge in [0.15, 0.2) is 5.60 Å². The van der Waals surface area contributed by atoms with E-state index in [0.29, 0.717) is 11.1 Å². The first kappa shape index (κ1) is 30.8. The minimum atomic E-state index is -2.02. The van der Waals surface area contributed by atoms with E-state index in [4.69, 9.17) is 19.2 Å². The standard InChI is InChI=1S/C32H35N3O9/c1-30(2,3)43-28(36)25-26(29(37)44-31(4,5)6)32(42-27(25)33-18-10-8-7-9-11-18)23-16-19(34(38)39)12-14-21(23)22-15-13-20(35(40)41)17-24(22)32/h12-18H,7-11H2,1-6H3. The Balaban J connectivity index is 1.90. The monoisotopic (exact) mass is 605 g/mol. The van der Waals surface area contributed by atoms with Crippen LogP contribution in [0.2, 0.25) is 0 Å². The van der Waals surface area contributed by atoms with Crippen molar-refractivity contribution >= 4 is 29.2 Å². The summed E-state index contributed by atoms with van der Waals surface area (Å²) < 4.78 is 18.3. The number of carbonyl (C=O) groups excluding carboxylic acids is 2. The average Bonchev–Trinajstić information content (AvgIpc) is 3.40. The van der Waals surface area contributed by atoms with Crippen molar-refractivity contribution in [2.75, 3.05) is 0 Å². The number of benzene rings is 2. The number of aliphatic imine (C=N–C) groups is 1. The highest BCUT2D eigenvalue weighted by atomic mass is 16.6. The molecular formula is C32H35N3O9. The minimum absolute atomic E-state index is 0.163. The largest absolute Gasteiger partial charge is 0.456 e. The number of fused-ring (bicyclic) bond motifs is 5. The van der Waals surface area contributed by atoms with E-state index in [-0.39, 0.29) is 45.6 Å². The van der Waals surface area contributed by atoms with E-state index in [9.17, 15) is 29.8 Å². The Kier molecular flexibility index (Phi) is 7.59. The van der Waals surface area contributed by atoms with E-state index in [0.717, 1.165) is 32.1 Å². The van der Waals surface area contributed by atoms with Gasteiger partial charge in [0.25, 0.3) is 11.4 Å². The molecule has 0 amide bonds. The van der Waals surface area contributed by atoms with Crippen LogP contribution in [0.5, 0.6) is 0 Å². The minimum Gasteiger partial charge on any atom is -0.456 e. The molecule has 2 aliphatic carbocycles. The Bertz CT molecular complexity index is 1570. The number of rotatable bonds is 5. The van der Waals surface area contributed by atoms with Crippen LogP contribution in [0.4, 0.5) is 11.4 Å². The highest BCUT2D eigenvalue weighted by Crippen LogP contribution is 2.59. The van der Waals surface area contributed by atoms with Gasteiger partial charge in [-0.05, 0) is 77.6 Å². The maximum Gasteiger partial charge on any atom is 0.344 e. The molecule has 0 aromatic heterocycles. The van der Waals surface area contributed by atoms with Crippen molar-refractivity contribution in [2.45, 2.75) is 96.5 Å². The van der Waals surface area contributed by atoms with Crippen LogP contribution in [0.1, 0.15) is 84.8 Å². The van der Waals surface area contributed by atoms with Crippen LogP contribution in [0.15, 0.2) is 52.5 Å². The molecule has 0 atom stereocenters. The van der Waals surface area contributed by atoms with E-state index in [1.807, 2.05) is 0 Å². The highest BCUT2D eigenvalue weighted by molar-refractivity contribution is 6.25. The highest BCUT2D eigenvalue weighted by Gasteiger charge is 2.61. The molecular weight excluding hydrogens is 570 g/mol. The van der Waals surface area contributed by atoms with Gasteiger partial charge in [0.2, 0.25) is 5.90 Å². The molecule has 1 spiro atoms. The molecule has 2 aromatic carbocycles. The molecule has 232 valence electrons. The molecule has 12 nitrogen and oxygen atoms in total. The van der Waals surface area contributed by atoms with Gasteiger partial charge < -0.3 is 14.2 Å². The second-order valence-electron chi connectivity index (χ2n) is 13.2. The number of hydrogen-bond donors (Lipinski definition) is 0. The molecule has 0 saturated heterocycles. The van der Waals surface area contributed by atoms with Crippen LogP contribution in [0.25, 0.3) is 11.1 Å². The molecule has 1 saturated carbocycles. The maximum atomic E-state index is 14.3. The molecule has 0 N–H and O–H groups in total. The summed E-state index contributed by atoms with van der Waals surface area (Å²) in [5, 5.41) is 23.9. The predicted octanol–water partition coefficient (Wildman–Crippen LogP) is 6.47. The molecule has 0 bridgehead atoms. The number of non-ortho nitro benzene ring substituents is 2. The van der Waals surface area contributed by atoms with Crippen molar-refractivity contribution in [3.63, 3.8) is 0 Å². The van der Waals surface area contributed by atoms with E-state index >= 15 is 0 Å². The van der Waals surface area contributed by atoms with Gasteiger partial charge in [0.05, 0.1) is 15.9 Å². The lowest BCUT2D eigenvalue weighted by Crippen LogP contribution is -2.36. The zero-order chi connectivity index (χ0) is 32.2. The number of ether oxygens (including phenoxy) is 3. The van der Waals surface area contributed by atoms with Gasteiger partial charge in [-0.1, -0.05) is 19.3 Å². The fourth-order valence-corrected chi connectivity index (χ4v) is 5.96. The molecule has 0 radical (unpaired) electrons. The number of nitro benzene ring substituents is 2. The summed E-state index contributed by atoms with van der Waals surface area (Å²) in [6, 6.07) is 7.94. The van der Waals surface area contributed by atoms with Crippen molar-refractivity contribution in [3.05, 3.63) is 78.9 Å². The first-order valence-electron chi connectivity index (χ1n) is 14.6. The number of carbonyl (C=O) groups is 2. The van der Waals surface area contributed by atoms with Crippen LogP contribution < -0.4 is 0 Å². The van der Waals surface area contributed by atoms with Gasteiger partial charge in [-0.2, -0.15) is 0 Å². The fraction of sp³-hybridized carbons (Fsp3) is 0.469. The third-order valence-corrected chi connectivity index (χ3v) is 7.62. The van der Waals surface area contributed by atoms with Gasteiger partial charge in [-0.15, -0.1) is 0 Å². The van der Waals surface area contributed by atoms with E-state index in [2.05, 4.69) is 0 Å². The van der Waals surface area contributed by atoms with Gasteiger partial charge in [0, 0.05) is 35.4 Å². The molecule has 2 aromatic rings. The summed E-state index contributed by atoms with van der Waals surface area (Å²) in [5.74, 6) is -2.00. The lowest BCUT2D eigenvalue weighted by atomic mass is 9.82. The van der Waals surface area contributed by atoms with Gasteiger partial charge in [-0.3, -0.25) is 20.2 Å². The first-order chi connectivity index (χ1) is 20.5. The average molecular weight is 606 g/mol. The fourth-order valence-electron chi connectivity index (χ4n) is 5.96. The van der Waals surface area contributed by atoms with Gasteiger partial charge in [0.1, 0.15) is 22.3 Å². The second-order valence-corrected chi connectivity index (χ2v) is 13.2. The first-order valence-corrected chi connectivity index (χ1v) is 14.6. The van der Waals surface area contributed by atoms with Gasteiger partial charge in [-0.25, -0.2) is 14.6 Å². The van der Waals surface area contributed by atoms with Crippen molar-refractivity contribution in [1.29, 1.82) is 0 Å². The molecule has 5 rings (SSSR count). The van der Waals surface area contributed by atoms with Crippen LogP contribution in [-0.2, 0) is 29.4 Å². The van der Waals surface area contributed by atoms with E-state index in [1.165, 1.54) is 36.4 Å². The van der Waals surface area contributed by atoms with Crippen LogP contribution in [-0.4, -0.2) is 44.9 Å². The SMILES string of the molecule is CC(C)(C)OC(=O)C1=C(C(=O)OC(C)(C)C)C2(OC1=NC1CCCCC1)c1cc([N+](=O)[O-])ccc1-c1ccc([N+](=O)[O-])cc12. The predicted molar refractivity (Wildman–Crippen MR) is 160 cm³/mol. The lowest BCUT2D eigenvalue weighted by molar-refractivity contribution is -0.385. The van der Waals surface area contributed by atoms with Crippen molar-refractivity contribution < 1.29 is 33.6 Å². The topological polar surface area (TPSA) is 160 Å². The Morgan fingerprint density at radius 3 is 1.75 bits per heavy atom. The summed E-state index contributed by atoms with van der Waals surface area (Å²) >= 11 is 0. The number of nitro groups is 2. The Labute approximate surface area is 254 Å². The van der Waals surface area contributed by atoms with E-state index in [1.54, 1.807) is 41.5 Å². The zero-order valence-electron chi connectivity index (χ0n) is 25.6. The summed E-state index contributed by atoms with van der Waals surface area (Å²) in [7, 11) is 0. The third kappa shape index (κ3) is 5.56. The molecule has 0 unspecified atom stereocenters. The van der Waals surface area contributed by atoms with Crippen LogP contribution in [0.3, 0.4) is 0 Å². The molecule has 1 aliphatic heterocycles. The number of hydrogen-bond acceptors (Lipinski definition) is 10. The summed E-state index contributed by atoms with van der Waals surface area (Å²) in [4.78, 5) is 55.9. The van der Waals surface area contributed by atoms with Gasteiger partial charge >= 0.3 is 11.9 Å². The smallest absolute Gasteiger partial charge is 0.344 e. The number of esters is 2. The number of nitrogens with zero attached hydrogens (tertiary/aromatic N) is 3. The van der Waals surface area contributed by atoms with Crippen molar-refractivity contribution in [1.82, 2.24) is 0 Å². The van der Waals surface area contributed by atoms with E-state index < -0.39 is 38.6 Å². The van der Waals surface area contributed by atoms with Crippen LogP contribution in [0, 0.1) is 20.2 Å². The molecule has 1 fully saturated rings. The Morgan fingerprint density at radius 2 is 1.30 bits per heavy atom. The maximum absolute atomic E-state index is 14.3. The normalized spacial score (nSPS) is 18.5. The molecule has 3 aliphatic rings.